The van der Waals surface area contributed by atoms with Crippen LogP contribution in [0.1, 0.15) is 17.3 Å². The summed E-state index contributed by atoms with van der Waals surface area (Å²) in [5.41, 5.74) is -1.10. The highest BCUT2D eigenvalue weighted by atomic mass is 19.4. The zero-order valence-electron chi connectivity index (χ0n) is 8.57. The summed E-state index contributed by atoms with van der Waals surface area (Å²) in [6.07, 6.45) is -5.17. The van der Waals surface area contributed by atoms with Crippen LogP contribution < -0.4 is 4.74 Å². The molecule has 0 amide bonds. The van der Waals surface area contributed by atoms with E-state index >= 15 is 0 Å². The van der Waals surface area contributed by atoms with Gasteiger partial charge in [-0.3, -0.25) is 4.79 Å². The molecule has 2 nitrogen and oxygen atoms in total. The number of hydrogen-bond acceptors (Lipinski definition) is 2. The Morgan fingerprint density at radius 1 is 1.24 bits per heavy atom. The Bertz CT molecular complexity index is 416. The molecule has 0 radical (unpaired) electrons. The van der Waals surface area contributed by atoms with E-state index in [9.17, 15) is 26.7 Å². The second kappa shape index (κ2) is 4.68. The van der Waals surface area contributed by atoms with E-state index in [1.807, 2.05) is 0 Å². The maximum atomic E-state index is 13.2. The molecule has 0 aromatic heterocycles. The summed E-state index contributed by atoms with van der Waals surface area (Å²) in [7, 11) is 0. The largest absolute Gasteiger partial charge is 0.488 e. The molecule has 0 fully saturated rings. The highest BCUT2D eigenvalue weighted by molar-refractivity contribution is 6.00. The topological polar surface area (TPSA) is 26.3 Å². The van der Waals surface area contributed by atoms with Crippen molar-refractivity contribution in [2.75, 3.05) is 6.61 Å². The second-order valence-electron chi connectivity index (χ2n) is 3.03. The van der Waals surface area contributed by atoms with Gasteiger partial charge in [0, 0.05) is 5.56 Å². The minimum Gasteiger partial charge on any atom is -0.488 e. The number of hydrogen-bond donors (Lipinski definition) is 0. The maximum Gasteiger partial charge on any atom is 0.454 e. The number of alkyl halides is 3. The summed E-state index contributed by atoms with van der Waals surface area (Å²) >= 11 is 0. The van der Waals surface area contributed by atoms with Gasteiger partial charge in [0.25, 0.3) is 5.78 Å². The van der Waals surface area contributed by atoms with Crippen molar-refractivity contribution in [3.63, 3.8) is 0 Å². The normalized spacial score (nSPS) is 11.4. The Labute approximate surface area is 93.0 Å². The standard InChI is InChI=1S/C10H7F5O2/c1-2-17-8-6(11)3-5(4-7(8)12)9(16)10(13,14)15/h3-4H,2H2,1H3. The highest BCUT2D eigenvalue weighted by Gasteiger charge is 2.40. The number of ketones is 1. The minimum absolute atomic E-state index is 0.0552. The molecule has 1 rings (SSSR count). The average molecular weight is 254 g/mol. The molecule has 0 atom stereocenters. The lowest BCUT2D eigenvalue weighted by molar-refractivity contribution is -0.0885. The first-order valence-corrected chi connectivity index (χ1v) is 4.50. The lowest BCUT2D eigenvalue weighted by Gasteiger charge is -2.09. The molecule has 0 saturated carbocycles. The first-order valence-electron chi connectivity index (χ1n) is 4.50. The Morgan fingerprint density at radius 2 is 1.71 bits per heavy atom. The van der Waals surface area contributed by atoms with Crippen molar-refractivity contribution in [2.45, 2.75) is 13.1 Å². The fraction of sp³-hybridized carbons (Fsp3) is 0.300. The molecule has 1 aromatic carbocycles. The van der Waals surface area contributed by atoms with E-state index in [1.165, 1.54) is 6.92 Å². The number of halogens is 5. The van der Waals surface area contributed by atoms with E-state index in [-0.39, 0.29) is 6.61 Å². The Balaban J connectivity index is 3.19. The van der Waals surface area contributed by atoms with Crippen molar-refractivity contribution < 1.29 is 31.5 Å². The van der Waals surface area contributed by atoms with Crippen molar-refractivity contribution in [1.82, 2.24) is 0 Å². The fourth-order valence-electron chi connectivity index (χ4n) is 1.14. The van der Waals surface area contributed by atoms with Crippen LogP contribution in [0.4, 0.5) is 22.0 Å². The molecule has 94 valence electrons. The first-order chi connectivity index (χ1) is 7.77. The van der Waals surface area contributed by atoms with Gasteiger partial charge in [0.15, 0.2) is 17.4 Å². The van der Waals surface area contributed by atoms with Gasteiger partial charge in [-0.05, 0) is 19.1 Å². The first kappa shape index (κ1) is 13.4. The van der Waals surface area contributed by atoms with Crippen LogP contribution in [0, 0.1) is 11.6 Å². The van der Waals surface area contributed by atoms with Gasteiger partial charge in [0.2, 0.25) is 0 Å². The van der Waals surface area contributed by atoms with Crippen LogP contribution >= 0.6 is 0 Å². The molecule has 0 heterocycles. The molecule has 0 spiro atoms. The third-order valence-corrected chi connectivity index (χ3v) is 1.81. The van der Waals surface area contributed by atoms with Gasteiger partial charge >= 0.3 is 6.18 Å². The number of carbonyl (C=O) groups is 1. The average Bonchev–Trinajstić information content (AvgIpc) is 2.20. The molecule has 7 heteroatoms. The number of ether oxygens (including phenoxy) is 1. The quantitative estimate of drug-likeness (QED) is 0.612. The number of carbonyl (C=O) groups excluding carboxylic acids is 1. The predicted octanol–water partition coefficient (Wildman–Crippen LogP) is 3.11. The summed E-state index contributed by atoms with van der Waals surface area (Å²) < 4.78 is 66.9. The van der Waals surface area contributed by atoms with E-state index in [2.05, 4.69) is 4.74 Å². The fourth-order valence-corrected chi connectivity index (χ4v) is 1.14. The molecule has 1 aromatic rings. The van der Waals surface area contributed by atoms with Crippen molar-refractivity contribution in [2.24, 2.45) is 0 Å². The van der Waals surface area contributed by atoms with Crippen LogP contribution in [0.5, 0.6) is 5.75 Å². The van der Waals surface area contributed by atoms with Crippen molar-refractivity contribution in [1.29, 1.82) is 0 Å². The molecule has 0 aliphatic rings. The van der Waals surface area contributed by atoms with Crippen LogP contribution in [-0.4, -0.2) is 18.6 Å². The summed E-state index contributed by atoms with van der Waals surface area (Å²) in [5, 5.41) is 0. The summed E-state index contributed by atoms with van der Waals surface area (Å²) in [4.78, 5) is 10.7. The minimum atomic E-state index is -5.17. The van der Waals surface area contributed by atoms with Gasteiger partial charge in [-0.15, -0.1) is 0 Å². The van der Waals surface area contributed by atoms with Crippen LogP contribution in [-0.2, 0) is 0 Å². The molecule has 0 aliphatic heterocycles. The molecule has 0 bridgehead atoms. The number of benzene rings is 1. The van der Waals surface area contributed by atoms with E-state index in [1.54, 1.807) is 0 Å². The zero-order chi connectivity index (χ0) is 13.2. The molecule has 17 heavy (non-hydrogen) atoms. The Kier molecular flexibility index (Phi) is 3.69. The Hall–Kier alpha value is -1.66. The zero-order valence-corrected chi connectivity index (χ0v) is 8.57. The SMILES string of the molecule is CCOc1c(F)cc(C(=O)C(F)(F)F)cc1F. The van der Waals surface area contributed by atoms with E-state index in [4.69, 9.17) is 0 Å². The van der Waals surface area contributed by atoms with E-state index in [0.29, 0.717) is 12.1 Å². The summed E-state index contributed by atoms with van der Waals surface area (Å²) in [5.74, 6) is -5.80. The predicted molar refractivity (Wildman–Crippen MR) is 47.9 cm³/mol. The number of rotatable bonds is 3. The molecular weight excluding hydrogens is 247 g/mol. The lowest BCUT2D eigenvalue weighted by Crippen LogP contribution is -2.23. The van der Waals surface area contributed by atoms with E-state index in [0.717, 1.165) is 0 Å². The van der Waals surface area contributed by atoms with E-state index < -0.39 is 34.9 Å². The monoisotopic (exact) mass is 254 g/mol. The smallest absolute Gasteiger partial charge is 0.454 e. The van der Waals surface area contributed by atoms with Crippen molar-refractivity contribution in [3.8, 4) is 5.75 Å². The molecule has 0 saturated heterocycles. The van der Waals surface area contributed by atoms with Crippen molar-refractivity contribution >= 4 is 5.78 Å². The third kappa shape index (κ3) is 2.92. The summed E-state index contributed by atoms with van der Waals surface area (Å²) in [6, 6.07) is 0.591. The molecular formula is C10H7F5O2. The lowest BCUT2D eigenvalue weighted by atomic mass is 10.1. The van der Waals surface area contributed by atoms with Gasteiger partial charge in [-0.25, -0.2) is 8.78 Å². The highest BCUT2D eigenvalue weighted by Crippen LogP contribution is 2.27. The van der Waals surface area contributed by atoms with Gasteiger partial charge in [0.1, 0.15) is 0 Å². The van der Waals surface area contributed by atoms with Crippen molar-refractivity contribution in [3.05, 3.63) is 29.3 Å². The van der Waals surface area contributed by atoms with Crippen LogP contribution in [0.2, 0.25) is 0 Å². The summed E-state index contributed by atoms with van der Waals surface area (Å²) in [6.45, 7) is 1.40. The second-order valence-corrected chi connectivity index (χ2v) is 3.03. The van der Waals surface area contributed by atoms with Crippen LogP contribution in [0.15, 0.2) is 12.1 Å². The third-order valence-electron chi connectivity index (χ3n) is 1.81. The van der Waals surface area contributed by atoms with Gasteiger partial charge < -0.3 is 4.74 Å². The number of Topliss-reactive ketones (excluding diaryl/α,β-unsaturated/α-hetero) is 1. The van der Waals surface area contributed by atoms with Gasteiger partial charge in [-0.2, -0.15) is 13.2 Å². The van der Waals surface area contributed by atoms with Gasteiger partial charge in [-0.1, -0.05) is 0 Å². The molecule has 0 N–H and O–H groups in total. The molecule has 0 aliphatic carbocycles. The van der Waals surface area contributed by atoms with Gasteiger partial charge in [0.05, 0.1) is 6.61 Å². The Morgan fingerprint density at radius 3 is 2.06 bits per heavy atom. The maximum absolute atomic E-state index is 13.2. The van der Waals surface area contributed by atoms with Crippen LogP contribution in [0.3, 0.4) is 0 Å². The van der Waals surface area contributed by atoms with Crippen LogP contribution in [0.25, 0.3) is 0 Å². The molecule has 0 unspecified atom stereocenters.